The van der Waals surface area contributed by atoms with E-state index in [1.54, 1.807) is 19.2 Å². The average Bonchev–Trinajstić information content (AvgIpc) is 2.67. The lowest BCUT2D eigenvalue weighted by atomic mass is 10.2. The number of ether oxygens (including phenoxy) is 2. The summed E-state index contributed by atoms with van der Waals surface area (Å²) in [5, 5.41) is 3.96. The van der Waals surface area contributed by atoms with E-state index in [1.807, 2.05) is 42.5 Å². The molecule has 3 aromatic rings. The summed E-state index contributed by atoms with van der Waals surface area (Å²) in [6.07, 6.45) is 0. The van der Waals surface area contributed by atoms with Gasteiger partial charge in [0.05, 0.1) is 12.1 Å². The van der Waals surface area contributed by atoms with Crippen LogP contribution >= 0.6 is 23.2 Å². The van der Waals surface area contributed by atoms with E-state index in [0.717, 1.165) is 16.8 Å². The summed E-state index contributed by atoms with van der Waals surface area (Å²) < 4.78 is 24.5. The van der Waals surface area contributed by atoms with E-state index in [1.165, 1.54) is 6.07 Å². The van der Waals surface area contributed by atoms with Crippen molar-refractivity contribution in [1.82, 2.24) is 0 Å². The van der Waals surface area contributed by atoms with Gasteiger partial charge in [-0.2, -0.15) is 0 Å². The van der Waals surface area contributed by atoms with Crippen LogP contribution < -0.4 is 14.8 Å². The highest BCUT2D eigenvalue weighted by atomic mass is 35.5. The SMILES string of the molecule is COc1cc(CNc2ccc(F)c(Cl)c2)ccc1OCc1cccc(Cl)c1. The predicted octanol–water partition coefficient (Wildman–Crippen LogP) is 6.33. The molecule has 0 saturated carbocycles. The van der Waals surface area contributed by atoms with Crippen LogP contribution in [-0.4, -0.2) is 7.11 Å². The third-order valence-electron chi connectivity index (χ3n) is 3.93. The van der Waals surface area contributed by atoms with Gasteiger partial charge in [0, 0.05) is 17.3 Å². The Balaban J connectivity index is 1.65. The Bertz CT molecular complexity index is 934. The second-order valence-electron chi connectivity index (χ2n) is 5.89. The van der Waals surface area contributed by atoms with Crippen molar-refractivity contribution >= 4 is 28.9 Å². The summed E-state index contributed by atoms with van der Waals surface area (Å²) in [6.45, 7) is 0.926. The minimum atomic E-state index is -0.440. The largest absolute Gasteiger partial charge is 0.493 e. The number of halogens is 3. The Hall–Kier alpha value is -2.43. The van der Waals surface area contributed by atoms with Gasteiger partial charge in [0.1, 0.15) is 12.4 Å². The number of anilines is 1. The van der Waals surface area contributed by atoms with Gasteiger partial charge in [-0.3, -0.25) is 0 Å². The monoisotopic (exact) mass is 405 g/mol. The third-order valence-corrected chi connectivity index (χ3v) is 4.45. The number of nitrogens with one attached hydrogen (secondary N) is 1. The standard InChI is InChI=1S/C21H18Cl2FNO2/c1-26-21-10-14(12-25-17-6-7-19(24)18(23)11-17)5-8-20(21)27-13-15-3-2-4-16(22)9-15/h2-11,25H,12-13H2,1H3. The molecule has 6 heteroatoms. The van der Waals surface area contributed by atoms with Crippen LogP contribution in [0, 0.1) is 5.82 Å². The summed E-state index contributed by atoms with van der Waals surface area (Å²) in [5.74, 6) is 0.838. The lowest BCUT2D eigenvalue weighted by molar-refractivity contribution is 0.284. The van der Waals surface area contributed by atoms with Gasteiger partial charge in [0.2, 0.25) is 0 Å². The molecule has 3 rings (SSSR count). The van der Waals surface area contributed by atoms with Gasteiger partial charge in [-0.15, -0.1) is 0 Å². The van der Waals surface area contributed by atoms with Crippen molar-refractivity contribution in [3.05, 3.63) is 87.7 Å². The number of rotatable bonds is 7. The van der Waals surface area contributed by atoms with E-state index >= 15 is 0 Å². The van der Waals surface area contributed by atoms with Crippen molar-refractivity contribution in [3.63, 3.8) is 0 Å². The van der Waals surface area contributed by atoms with Crippen LogP contribution in [0.3, 0.4) is 0 Å². The van der Waals surface area contributed by atoms with Crippen LogP contribution in [0.25, 0.3) is 0 Å². The highest BCUT2D eigenvalue weighted by Crippen LogP contribution is 2.29. The molecule has 0 aliphatic carbocycles. The van der Waals surface area contributed by atoms with E-state index in [4.69, 9.17) is 32.7 Å². The van der Waals surface area contributed by atoms with E-state index in [2.05, 4.69) is 5.32 Å². The van der Waals surface area contributed by atoms with Crippen LogP contribution in [0.15, 0.2) is 60.7 Å². The maximum atomic E-state index is 13.2. The molecule has 0 unspecified atom stereocenters. The molecule has 0 atom stereocenters. The van der Waals surface area contributed by atoms with Gasteiger partial charge in [0.25, 0.3) is 0 Å². The van der Waals surface area contributed by atoms with Crippen LogP contribution in [0.5, 0.6) is 11.5 Å². The molecule has 0 spiro atoms. The zero-order valence-electron chi connectivity index (χ0n) is 14.6. The molecule has 0 heterocycles. The van der Waals surface area contributed by atoms with Crippen molar-refractivity contribution < 1.29 is 13.9 Å². The lowest BCUT2D eigenvalue weighted by Gasteiger charge is -2.13. The highest BCUT2D eigenvalue weighted by molar-refractivity contribution is 6.31. The topological polar surface area (TPSA) is 30.5 Å². The minimum Gasteiger partial charge on any atom is -0.493 e. The fourth-order valence-electron chi connectivity index (χ4n) is 2.54. The Morgan fingerprint density at radius 1 is 0.926 bits per heavy atom. The minimum absolute atomic E-state index is 0.0855. The zero-order valence-corrected chi connectivity index (χ0v) is 16.1. The molecule has 140 valence electrons. The first-order chi connectivity index (χ1) is 13.0. The Kier molecular flexibility index (Phi) is 6.43. The quantitative estimate of drug-likeness (QED) is 0.497. The Morgan fingerprint density at radius 2 is 1.78 bits per heavy atom. The second-order valence-corrected chi connectivity index (χ2v) is 6.73. The van der Waals surface area contributed by atoms with Crippen molar-refractivity contribution in [2.24, 2.45) is 0 Å². The van der Waals surface area contributed by atoms with E-state index in [9.17, 15) is 4.39 Å². The third kappa shape index (κ3) is 5.28. The predicted molar refractivity (Wildman–Crippen MR) is 108 cm³/mol. The van der Waals surface area contributed by atoms with Crippen molar-refractivity contribution in [2.75, 3.05) is 12.4 Å². The van der Waals surface area contributed by atoms with Crippen LogP contribution in [0.2, 0.25) is 10.0 Å². The van der Waals surface area contributed by atoms with E-state index in [0.29, 0.717) is 29.7 Å². The molecule has 0 radical (unpaired) electrons. The Morgan fingerprint density at radius 3 is 2.52 bits per heavy atom. The fourth-order valence-corrected chi connectivity index (χ4v) is 2.93. The highest BCUT2D eigenvalue weighted by Gasteiger charge is 2.07. The molecular formula is C21H18Cl2FNO2. The number of hydrogen-bond donors (Lipinski definition) is 1. The molecule has 0 aromatic heterocycles. The molecule has 0 aliphatic rings. The van der Waals surface area contributed by atoms with E-state index < -0.39 is 5.82 Å². The van der Waals surface area contributed by atoms with E-state index in [-0.39, 0.29) is 5.02 Å². The fraction of sp³-hybridized carbons (Fsp3) is 0.143. The summed E-state index contributed by atoms with van der Waals surface area (Å²) in [5.41, 5.74) is 2.70. The molecular weight excluding hydrogens is 388 g/mol. The number of benzene rings is 3. The maximum Gasteiger partial charge on any atom is 0.161 e. The van der Waals surface area contributed by atoms with Crippen molar-refractivity contribution in [2.45, 2.75) is 13.2 Å². The van der Waals surface area contributed by atoms with Crippen LogP contribution in [0.1, 0.15) is 11.1 Å². The van der Waals surface area contributed by atoms with Gasteiger partial charge in [-0.05, 0) is 53.6 Å². The maximum absolute atomic E-state index is 13.2. The first kappa shape index (κ1) is 19.3. The van der Waals surface area contributed by atoms with Gasteiger partial charge in [0.15, 0.2) is 11.5 Å². The summed E-state index contributed by atoms with van der Waals surface area (Å²) in [7, 11) is 1.60. The molecule has 0 fully saturated rings. The molecule has 3 nitrogen and oxygen atoms in total. The second kappa shape index (κ2) is 8.98. The molecule has 0 bridgehead atoms. The van der Waals surface area contributed by atoms with Crippen molar-refractivity contribution in [3.8, 4) is 11.5 Å². The Labute approximate surface area is 167 Å². The summed E-state index contributed by atoms with van der Waals surface area (Å²) in [6, 6.07) is 17.7. The van der Waals surface area contributed by atoms with Gasteiger partial charge in [-0.1, -0.05) is 41.4 Å². The van der Waals surface area contributed by atoms with Crippen LogP contribution in [0.4, 0.5) is 10.1 Å². The molecule has 27 heavy (non-hydrogen) atoms. The molecule has 3 aromatic carbocycles. The molecule has 1 N–H and O–H groups in total. The average molecular weight is 406 g/mol. The summed E-state index contributed by atoms with van der Waals surface area (Å²) >= 11 is 11.8. The lowest BCUT2D eigenvalue weighted by Crippen LogP contribution is -2.02. The number of hydrogen-bond acceptors (Lipinski definition) is 3. The number of methoxy groups -OCH3 is 1. The molecule has 0 amide bonds. The van der Waals surface area contributed by atoms with Gasteiger partial charge < -0.3 is 14.8 Å². The molecule has 0 aliphatic heterocycles. The first-order valence-corrected chi connectivity index (χ1v) is 9.04. The first-order valence-electron chi connectivity index (χ1n) is 8.28. The smallest absolute Gasteiger partial charge is 0.161 e. The van der Waals surface area contributed by atoms with Gasteiger partial charge >= 0.3 is 0 Å². The van der Waals surface area contributed by atoms with Crippen molar-refractivity contribution in [1.29, 1.82) is 0 Å². The van der Waals surface area contributed by atoms with Gasteiger partial charge in [-0.25, -0.2) is 4.39 Å². The summed E-state index contributed by atoms with van der Waals surface area (Å²) in [4.78, 5) is 0. The zero-order chi connectivity index (χ0) is 19.2. The van der Waals surface area contributed by atoms with Crippen LogP contribution in [-0.2, 0) is 13.2 Å². The molecule has 0 saturated heterocycles. The normalized spacial score (nSPS) is 10.5.